The first-order chi connectivity index (χ1) is 10.3. The highest BCUT2D eigenvalue weighted by Crippen LogP contribution is 2.25. The van der Waals surface area contributed by atoms with E-state index >= 15 is 0 Å². The van der Waals surface area contributed by atoms with E-state index in [9.17, 15) is 4.79 Å². The SMILES string of the molecule is CC(C)(C)OC(=O)N1CC[C@@H](Oc2ccc(C#N)c(Cl)c2)C1. The second-order valence-electron chi connectivity index (χ2n) is 6.21. The van der Waals surface area contributed by atoms with Crippen LogP contribution in [0.15, 0.2) is 18.2 Å². The third kappa shape index (κ3) is 4.28. The molecular weight excluding hydrogens is 304 g/mol. The Morgan fingerprint density at radius 3 is 2.77 bits per heavy atom. The van der Waals surface area contributed by atoms with Gasteiger partial charge in [0.25, 0.3) is 0 Å². The molecule has 22 heavy (non-hydrogen) atoms. The van der Waals surface area contributed by atoms with E-state index in [2.05, 4.69) is 0 Å². The molecule has 1 saturated heterocycles. The van der Waals surface area contributed by atoms with Crippen molar-refractivity contribution >= 4 is 17.7 Å². The molecule has 1 aromatic rings. The van der Waals surface area contributed by atoms with Crippen LogP contribution in [0.4, 0.5) is 4.79 Å². The van der Waals surface area contributed by atoms with Gasteiger partial charge in [-0.15, -0.1) is 0 Å². The number of carbonyl (C=O) groups is 1. The third-order valence-corrected chi connectivity index (χ3v) is 3.47. The Bertz CT molecular complexity index is 604. The van der Waals surface area contributed by atoms with Crippen LogP contribution in [0.5, 0.6) is 5.75 Å². The molecule has 0 aliphatic carbocycles. The molecule has 5 nitrogen and oxygen atoms in total. The Morgan fingerprint density at radius 2 is 2.18 bits per heavy atom. The van der Waals surface area contributed by atoms with Crippen LogP contribution in [0.3, 0.4) is 0 Å². The van der Waals surface area contributed by atoms with Crippen LogP contribution < -0.4 is 4.74 Å². The Hall–Kier alpha value is -1.93. The topological polar surface area (TPSA) is 62.6 Å². The molecule has 0 unspecified atom stereocenters. The summed E-state index contributed by atoms with van der Waals surface area (Å²) in [7, 11) is 0. The number of halogens is 1. The lowest BCUT2D eigenvalue weighted by atomic mass is 10.2. The van der Waals surface area contributed by atoms with Gasteiger partial charge < -0.3 is 14.4 Å². The average Bonchev–Trinajstić information content (AvgIpc) is 2.85. The molecule has 0 N–H and O–H groups in total. The number of nitriles is 1. The first kappa shape index (κ1) is 16.4. The average molecular weight is 323 g/mol. The first-order valence-corrected chi connectivity index (χ1v) is 7.50. The Morgan fingerprint density at radius 1 is 1.45 bits per heavy atom. The predicted molar refractivity (Wildman–Crippen MR) is 83.0 cm³/mol. The Kier molecular flexibility index (Phi) is 4.82. The van der Waals surface area contributed by atoms with Gasteiger partial charge in [-0.1, -0.05) is 11.6 Å². The number of ether oxygens (including phenoxy) is 2. The van der Waals surface area contributed by atoms with Gasteiger partial charge in [0.05, 0.1) is 17.1 Å². The van der Waals surface area contributed by atoms with Gasteiger partial charge in [-0.05, 0) is 32.9 Å². The second kappa shape index (κ2) is 6.45. The Labute approximate surface area is 135 Å². The van der Waals surface area contributed by atoms with E-state index in [0.29, 0.717) is 29.4 Å². The molecule has 0 saturated carbocycles. The molecule has 0 aromatic heterocycles. The van der Waals surface area contributed by atoms with Crippen LogP contribution in [0.1, 0.15) is 32.8 Å². The fourth-order valence-electron chi connectivity index (χ4n) is 2.17. The molecule has 0 radical (unpaired) electrons. The minimum absolute atomic E-state index is 0.100. The molecule has 6 heteroatoms. The highest BCUT2D eigenvalue weighted by Gasteiger charge is 2.30. The van der Waals surface area contributed by atoms with Crippen molar-refractivity contribution in [3.63, 3.8) is 0 Å². The number of rotatable bonds is 2. The number of hydrogen-bond acceptors (Lipinski definition) is 4. The van der Waals surface area contributed by atoms with Crippen molar-refractivity contribution in [1.82, 2.24) is 4.90 Å². The zero-order valence-corrected chi connectivity index (χ0v) is 13.7. The van der Waals surface area contributed by atoms with Crippen molar-refractivity contribution in [2.24, 2.45) is 0 Å². The van der Waals surface area contributed by atoms with Crippen molar-refractivity contribution in [3.05, 3.63) is 28.8 Å². The summed E-state index contributed by atoms with van der Waals surface area (Å²) in [5, 5.41) is 9.21. The van der Waals surface area contributed by atoms with E-state index in [1.165, 1.54) is 0 Å². The largest absolute Gasteiger partial charge is 0.488 e. The summed E-state index contributed by atoms with van der Waals surface area (Å²) < 4.78 is 11.2. The number of carbonyl (C=O) groups excluding carboxylic acids is 1. The molecule has 1 aliphatic rings. The zero-order chi connectivity index (χ0) is 16.3. The van der Waals surface area contributed by atoms with Gasteiger partial charge in [0.1, 0.15) is 23.5 Å². The molecule has 118 valence electrons. The van der Waals surface area contributed by atoms with Gasteiger partial charge in [-0.2, -0.15) is 5.26 Å². The number of likely N-dealkylation sites (tertiary alicyclic amines) is 1. The van der Waals surface area contributed by atoms with E-state index in [1.807, 2.05) is 26.8 Å². The van der Waals surface area contributed by atoms with E-state index in [-0.39, 0.29) is 12.2 Å². The lowest BCUT2D eigenvalue weighted by molar-refractivity contribution is 0.0275. The second-order valence-corrected chi connectivity index (χ2v) is 6.62. The molecule has 1 aromatic carbocycles. The van der Waals surface area contributed by atoms with Gasteiger partial charge >= 0.3 is 6.09 Å². The van der Waals surface area contributed by atoms with Gasteiger partial charge in [-0.3, -0.25) is 0 Å². The van der Waals surface area contributed by atoms with Crippen LogP contribution >= 0.6 is 11.6 Å². The summed E-state index contributed by atoms with van der Waals surface area (Å²) in [6.45, 7) is 6.60. The van der Waals surface area contributed by atoms with Gasteiger partial charge in [0, 0.05) is 19.0 Å². The first-order valence-electron chi connectivity index (χ1n) is 7.13. The summed E-state index contributed by atoms with van der Waals surface area (Å²) in [6.07, 6.45) is 0.310. The number of amides is 1. The van der Waals surface area contributed by atoms with Gasteiger partial charge in [0.15, 0.2) is 0 Å². The molecule has 0 spiro atoms. The Balaban J connectivity index is 1.93. The van der Waals surface area contributed by atoms with Crippen LogP contribution in [-0.4, -0.2) is 35.8 Å². The summed E-state index contributed by atoms with van der Waals surface area (Å²) >= 11 is 5.98. The highest BCUT2D eigenvalue weighted by molar-refractivity contribution is 6.31. The van der Waals surface area contributed by atoms with Crippen molar-refractivity contribution in [2.75, 3.05) is 13.1 Å². The van der Waals surface area contributed by atoms with Gasteiger partial charge in [0.2, 0.25) is 0 Å². The summed E-state index contributed by atoms with van der Waals surface area (Å²) in [5.41, 5.74) is -0.0905. The van der Waals surface area contributed by atoms with Crippen LogP contribution in [0.2, 0.25) is 5.02 Å². The smallest absolute Gasteiger partial charge is 0.410 e. The van der Waals surface area contributed by atoms with Crippen molar-refractivity contribution in [3.8, 4) is 11.8 Å². The molecule has 1 fully saturated rings. The zero-order valence-electron chi connectivity index (χ0n) is 12.9. The fraction of sp³-hybridized carbons (Fsp3) is 0.500. The maximum atomic E-state index is 12.0. The van der Waals surface area contributed by atoms with Crippen molar-refractivity contribution in [2.45, 2.75) is 38.9 Å². The minimum atomic E-state index is -0.503. The minimum Gasteiger partial charge on any atom is -0.488 e. The molecule has 1 amide bonds. The van der Waals surface area contributed by atoms with E-state index in [1.54, 1.807) is 23.1 Å². The monoisotopic (exact) mass is 322 g/mol. The van der Waals surface area contributed by atoms with Crippen LogP contribution in [0, 0.1) is 11.3 Å². The summed E-state index contributed by atoms with van der Waals surface area (Å²) in [6, 6.07) is 6.96. The maximum absolute atomic E-state index is 12.0. The predicted octanol–water partition coefficient (Wildman–Crippen LogP) is 3.60. The molecule has 2 rings (SSSR count). The number of benzene rings is 1. The molecule has 1 atom stereocenters. The van der Waals surface area contributed by atoms with Crippen LogP contribution in [-0.2, 0) is 4.74 Å². The van der Waals surface area contributed by atoms with Gasteiger partial charge in [-0.25, -0.2) is 4.79 Å². The molecule has 1 aliphatic heterocycles. The van der Waals surface area contributed by atoms with E-state index < -0.39 is 5.60 Å². The number of nitrogens with zero attached hydrogens (tertiary/aromatic N) is 2. The quantitative estimate of drug-likeness (QED) is 0.834. The van der Waals surface area contributed by atoms with E-state index in [4.69, 9.17) is 26.3 Å². The van der Waals surface area contributed by atoms with Crippen molar-refractivity contribution in [1.29, 1.82) is 5.26 Å². The molecule has 1 heterocycles. The normalized spacial score (nSPS) is 18.0. The lowest BCUT2D eigenvalue weighted by Gasteiger charge is -2.24. The third-order valence-electron chi connectivity index (χ3n) is 3.16. The molecular formula is C16H19ClN2O3. The van der Waals surface area contributed by atoms with Crippen molar-refractivity contribution < 1.29 is 14.3 Å². The van der Waals surface area contributed by atoms with E-state index in [0.717, 1.165) is 6.42 Å². The van der Waals surface area contributed by atoms with Crippen LogP contribution in [0.25, 0.3) is 0 Å². The summed E-state index contributed by atoms with van der Waals surface area (Å²) in [4.78, 5) is 13.6. The summed E-state index contributed by atoms with van der Waals surface area (Å²) in [5.74, 6) is 0.597. The molecule has 0 bridgehead atoms. The maximum Gasteiger partial charge on any atom is 0.410 e. The highest BCUT2D eigenvalue weighted by atomic mass is 35.5. The lowest BCUT2D eigenvalue weighted by Crippen LogP contribution is -2.36. The number of hydrogen-bond donors (Lipinski definition) is 0. The standard InChI is InChI=1S/C16H19ClN2O3/c1-16(2,3)22-15(20)19-7-6-13(10-19)21-12-5-4-11(9-18)14(17)8-12/h4-5,8,13H,6-7,10H2,1-3H3/t13-/m1/s1. The fourth-order valence-corrected chi connectivity index (χ4v) is 2.38.